The van der Waals surface area contributed by atoms with Crippen LogP contribution in [-0.2, 0) is 0 Å². The van der Waals surface area contributed by atoms with Crippen molar-refractivity contribution in [2.45, 2.75) is 0 Å². The van der Waals surface area contributed by atoms with E-state index in [0.29, 0.717) is 17.5 Å². The van der Waals surface area contributed by atoms with Crippen molar-refractivity contribution in [1.82, 2.24) is 19.5 Å². The van der Waals surface area contributed by atoms with E-state index in [1.165, 1.54) is 42.0 Å². The Balaban J connectivity index is 1.11. The molecule has 0 spiro atoms. The van der Waals surface area contributed by atoms with Crippen molar-refractivity contribution in [1.29, 1.82) is 0 Å². The van der Waals surface area contributed by atoms with Gasteiger partial charge in [0.1, 0.15) is 11.2 Å². The molecule has 0 amide bonds. The SMILES string of the molecule is c1ccc2c(c1)oc1cccc(-c3nc(-c4ccc(-n5c6ccccc6c6ccccc65)cc4)nc(-c4ccc5c(c4)sc4ccccc45)n3)c12. The molecule has 0 aliphatic carbocycles. The van der Waals surface area contributed by atoms with Crippen LogP contribution in [0.15, 0.2) is 162 Å². The van der Waals surface area contributed by atoms with Crippen LogP contribution < -0.4 is 0 Å². The van der Waals surface area contributed by atoms with Crippen molar-refractivity contribution in [3.05, 3.63) is 158 Å². The Morgan fingerprint density at radius 2 is 1.02 bits per heavy atom. The molecule has 4 aromatic heterocycles. The maximum Gasteiger partial charge on any atom is 0.164 e. The topological polar surface area (TPSA) is 56.7 Å². The van der Waals surface area contributed by atoms with E-state index in [1.54, 1.807) is 11.3 Å². The Morgan fingerprint density at radius 3 is 1.80 bits per heavy atom. The molecule has 0 bridgehead atoms. The van der Waals surface area contributed by atoms with E-state index in [4.69, 9.17) is 19.4 Å². The first-order valence-corrected chi connectivity index (χ1v) is 17.8. The predicted octanol–water partition coefficient (Wildman–Crippen LogP) is 12.2. The fourth-order valence-electron chi connectivity index (χ4n) is 7.54. The maximum atomic E-state index is 6.26. The number of nitrogens with zero attached hydrogens (tertiary/aromatic N) is 4. The molecule has 0 atom stereocenters. The minimum absolute atomic E-state index is 0.607. The molecular weight excluding hydrogens is 645 g/mol. The van der Waals surface area contributed by atoms with Gasteiger partial charge in [-0.2, -0.15) is 0 Å². The number of fused-ring (bicyclic) bond motifs is 9. The van der Waals surface area contributed by atoms with Crippen LogP contribution in [0.4, 0.5) is 0 Å². The van der Waals surface area contributed by atoms with E-state index in [2.05, 4.69) is 132 Å². The van der Waals surface area contributed by atoms with Gasteiger partial charge in [-0.25, -0.2) is 15.0 Å². The average Bonchev–Trinajstić information content (AvgIpc) is 3.87. The number of furan rings is 1. The molecule has 5 nitrogen and oxygen atoms in total. The van der Waals surface area contributed by atoms with Gasteiger partial charge in [0, 0.05) is 64.1 Å². The largest absolute Gasteiger partial charge is 0.456 e. The Kier molecular flexibility index (Phi) is 6.05. The number of rotatable bonds is 4. The molecule has 7 aromatic carbocycles. The highest BCUT2D eigenvalue weighted by Crippen LogP contribution is 2.39. The lowest BCUT2D eigenvalue weighted by atomic mass is 10.1. The zero-order valence-corrected chi connectivity index (χ0v) is 27.9. The van der Waals surface area contributed by atoms with Crippen LogP contribution in [0, 0.1) is 0 Å². The van der Waals surface area contributed by atoms with Crippen LogP contribution in [0.1, 0.15) is 0 Å². The number of hydrogen-bond acceptors (Lipinski definition) is 5. The van der Waals surface area contributed by atoms with E-state index >= 15 is 0 Å². The first-order chi connectivity index (χ1) is 25.3. The summed E-state index contributed by atoms with van der Waals surface area (Å²) in [5.41, 5.74) is 7.84. The second-order valence-electron chi connectivity index (χ2n) is 12.8. The van der Waals surface area contributed by atoms with Gasteiger partial charge in [-0.1, -0.05) is 97.1 Å². The summed E-state index contributed by atoms with van der Waals surface area (Å²) in [6.07, 6.45) is 0. The van der Waals surface area contributed by atoms with Gasteiger partial charge in [0.05, 0.1) is 11.0 Å². The third-order valence-electron chi connectivity index (χ3n) is 9.88. The molecule has 0 aliphatic heterocycles. The highest BCUT2D eigenvalue weighted by molar-refractivity contribution is 7.25. The molecule has 51 heavy (non-hydrogen) atoms. The lowest BCUT2D eigenvalue weighted by molar-refractivity contribution is 0.669. The van der Waals surface area contributed by atoms with Gasteiger partial charge in [-0.3, -0.25) is 0 Å². The van der Waals surface area contributed by atoms with Crippen LogP contribution >= 0.6 is 11.3 Å². The van der Waals surface area contributed by atoms with Crippen LogP contribution in [0.5, 0.6) is 0 Å². The van der Waals surface area contributed by atoms with Gasteiger partial charge in [0.15, 0.2) is 17.5 Å². The third kappa shape index (κ3) is 4.37. The zero-order valence-electron chi connectivity index (χ0n) is 27.1. The third-order valence-corrected chi connectivity index (χ3v) is 11.0. The lowest BCUT2D eigenvalue weighted by Gasteiger charge is -2.11. The normalized spacial score (nSPS) is 11.9. The summed E-state index contributed by atoms with van der Waals surface area (Å²) >= 11 is 1.79. The molecule has 0 fully saturated rings. The smallest absolute Gasteiger partial charge is 0.164 e. The molecule has 11 rings (SSSR count). The number of thiophene rings is 1. The molecular formula is C45H26N4OS. The molecule has 238 valence electrons. The standard InChI is InChI=1S/C45H26N4OS/c1-5-15-36-30(10-1)31-11-2-6-16-37(31)49(36)29-23-20-27(21-24-29)43-46-44(28-22-25-33-32-12-4-8-19-40(32)51-41(33)26-28)48-45(47-43)35-14-9-18-39-42(35)34-13-3-7-17-38(34)50-39/h1-26H. The van der Waals surface area contributed by atoms with E-state index in [0.717, 1.165) is 44.3 Å². The lowest BCUT2D eigenvalue weighted by Crippen LogP contribution is -2.01. The van der Waals surface area contributed by atoms with Crippen molar-refractivity contribution < 1.29 is 4.42 Å². The number of para-hydroxylation sites is 3. The summed E-state index contributed by atoms with van der Waals surface area (Å²) in [4.78, 5) is 15.5. The highest BCUT2D eigenvalue weighted by atomic mass is 32.1. The average molecular weight is 671 g/mol. The molecule has 0 radical (unpaired) electrons. The number of hydrogen-bond donors (Lipinski definition) is 0. The molecule has 4 heterocycles. The van der Waals surface area contributed by atoms with Gasteiger partial charge >= 0.3 is 0 Å². The van der Waals surface area contributed by atoms with Gasteiger partial charge in [0.25, 0.3) is 0 Å². The van der Waals surface area contributed by atoms with Crippen molar-refractivity contribution >= 4 is 75.3 Å². The summed E-state index contributed by atoms with van der Waals surface area (Å²) in [5.74, 6) is 1.85. The van der Waals surface area contributed by atoms with Crippen LogP contribution in [0.3, 0.4) is 0 Å². The molecule has 0 saturated carbocycles. The maximum absolute atomic E-state index is 6.26. The van der Waals surface area contributed by atoms with Gasteiger partial charge < -0.3 is 8.98 Å². The number of aromatic nitrogens is 4. The van der Waals surface area contributed by atoms with Crippen LogP contribution in [-0.4, -0.2) is 19.5 Å². The van der Waals surface area contributed by atoms with Crippen LogP contribution in [0.25, 0.3) is 104 Å². The van der Waals surface area contributed by atoms with E-state index in [-0.39, 0.29) is 0 Å². The van der Waals surface area contributed by atoms with E-state index in [1.807, 2.05) is 30.3 Å². The van der Waals surface area contributed by atoms with Crippen molar-refractivity contribution in [2.24, 2.45) is 0 Å². The number of benzene rings is 7. The first kappa shape index (κ1) is 28.2. The van der Waals surface area contributed by atoms with E-state index in [9.17, 15) is 0 Å². The van der Waals surface area contributed by atoms with Crippen molar-refractivity contribution in [2.75, 3.05) is 0 Å². The summed E-state index contributed by atoms with van der Waals surface area (Å²) < 4.78 is 11.1. The zero-order chi connectivity index (χ0) is 33.5. The molecule has 11 aromatic rings. The monoisotopic (exact) mass is 670 g/mol. The second kappa shape index (κ2) is 10.9. The first-order valence-electron chi connectivity index (χ1n) is 16.9. The van der Waals surface area contributed by atoms with Crippen molar-refractivity contribution in [3.8, 4) is 39.9 Å². The fourth-order valence-corrected chi connectivity index (χ4v) is 8.69. The summed E-state index contributed by atoms with van der Waals surface area (Å²) in [6.45, 7) is 0. The molecule has 0 N–H and O–H groups in total. The van der Waals surface area contributed by atoms with Gasteiger partial charge in [-0.05, 0) is 60.7 Å². The highest BCUT2D eigenvalue weighted by Gasteiger charge is 2.19. The quantitative estimate of drug-likeness (QED) is 0.187. The van der Waals surface area contributed by atoms with Gasteiger partial charge in [-0.15, -0.1) is 11.3 Å². The molecule has 0 aliphatic rings. The van der Waals surface area contributed by atoms with Crippen molar-refractivity contribution in [3.63, 3.8) is 0 Å². The molecule has 6 heteroatoms. The van der Waals surface area contributed by atoms with Crippen LogP contribution in [0.2, 0.25) is 0 Å². The Labute approximate surface area is 295 Å². The van der Waals surface area contributed by atoms with Gasteiger partial charge in [0.2, 0.25) is 0 Å². The summed E-state index contributed by atoms with van der Waals surface area (Å²) in [7, 11) is 0. The molecule has 0 saturated heterocycles. The van der Waals surface area contributed by atoms with E-state index < -0.39 is 0 Å². The minimum Gasteiger partial charge on any atom is -0.456 e. The minimum atomic E-state index is 0.607. The Morgan fingerprint density at radius 1 is 0.431 bits per heavy atom. The second-order valence-corrected chi connectivity index (χ2v) is 13.9. The Hall–Kier alpha value is -6.63. The molecule has 0 unspecified atom stereocenters. The predicted molar refractivity (Wildman–Crippen MR) is 211 cm³/mol. The Bertz CT molecular complexity index is 3100. The fraction of sp³-hybridized carbons (Fsp3) is 0. The summed E-state index contributed by atoms with van der Waals surface area (Å²) in [5, 5.41) is 7.01. The summed E-state index contributed by atoms with van der Waals surface area (Å²) in [6, 6.07) is 55.0.